The van der Waals surface area contributed by atoms with Gasteiger partial charge in [-0.3, -0.25) is 4.79 Å². The Labute approximate surface area is 159 Å². The van der Waals surface area contributed by atoms with E-state index in [0.29, 0.717) is 17.0 Å². The fourth-order valence-electron chi connectivity index (χ4n) is 2.84. The number of methoxy groups -OCH3 is 1. The zero-order chi connectivity index (χ0) is 19.1. The van der Waals surface area contributed by atoms with E-state index in [1.165, 1.54) is 5.56 Å². The summed E-state index contributed by atoms with van der Waals surface area (Å²) in [4.78, 5) is 19.2. The predicted molar refractivity (Wildman–Crippen MR) is 108 cm³/mol. The van der Waals surface area contributed by atoms with E-state index < -0.39 is 0 Å². The molecule has 0 fully saturated rings. The first-order valence-corrected chi connectivity index (χ1v) is 8.90. The van der Waals surface area contributed by atoms with Crippen molar-refractivity contribution in [3.8, 4) is 5.75 Å². The number of aromatic nitrogens is 1. The van der Waals surface area contributed by atoms with Crippen molar-refractivity contribution in [1.82, 2.24) is 4.98 Å². The largest absolute Gasteiger partial charge is 0.496 e. The van der Waals surface area contributed by atoms with Crippen molar-refractivity contribution in [3.05, 3.63) is 84.1 Å². The van der Waals surface area contributed by atoms with Crippen LogP contribution in [-0.4, -0.2) is 24.5 Å². The van der Waals surface area contributed by atoms with Gasteiger partial charge >= 0.3 is 0 Å². The van der Waals surface area contributed by atoms with Crippen molar-refractivity contribution in [2.75, 3.05) is 23.9 Å². The minimum absolute atomic E-state index is 0.223. The minimum atomic E-state index is -0.223. The van der Waals surface area contributed by atoms with Crippen molar-refractivity contribution in [1.29, 1.82) is 0 Å². The molecule has 0 bridgehead atoms. The molecule has 1 heterocycles. The minimum Gasteiger partial charge on any atom is -0.496 e. The molecule has 27 heavy (non-hydrogen) atoms. The topological polar surface area (TPSA) is 54.5 Å². The van der Waals surface area contributed by atoms with Crippen LogP contribution in [0.4, 0.5) is 11.5 Å². The van der Waals surface area contributed by atoms with Gasteiger partial charge in [0.2, 0.25) is 0 Å². The highest BCUT2D eigenvalue weighted by Crippen LogP contribution is 2.20. The third-order valence-corrected chi connectivity index (χ3v) is 4.28. The smallest absolute Gasteiger partial charge is 0.259 e. The lowest BCUT2D eigenvalue weighted by Crippen LogP contribution is -2.23. The van der Waals surface area contributed by atoms with Gasteiger partial charge in [0.05, 0.1) is 24.6 Å². The maximum Gasteiger partial charge on any atom is 0.259 e. The highest BCUT2D eigenvalue weighted by atomic mass is 16.5. The Morgan fingerprint density at radius 1 is 1.04 bits per heavy atom. The normalized spacial score (nSPS) is 10.3. The van der Waals surface area contributed by atoms with Crippen LogP contribution in [0.15, 0.2) is 72.9 Å². The maximum atomic E-state index is 12.5. The van der Waals surface area contributed by atoms with Gasteiger partial charge in [-0.25, -0.2) is 4.98 Å². The number of rotatable bonds is 7. The van der Waals surface area contributed by atoms with Crippen LogP contribution in [0.1, 0.15) is 22.8 Å². The molecular formula is C22H23N3O2. The van der Waals surface area contributed by atoms with Crippen LogP contribution in [0.5, 0.6) is 5.75 Å². The lowest BCUT2D eigenvalue weighted by molar-refractivity contribution is 0.102. The lowest BCUT2D eigenvalue weighted by atomic mass is 10.2. The summed E-state index contributed by atoms with van der Waals surface area (Å²) in [6, 6.07) is 21.2. The Bertz CT molecular complexity index is 880. The summed E-state index contributed by atoms with van der Waals surface area (Å²) in [5.74, 6) is 1.19. The van der Waals surface area contributed by atoms with Crippen LogP contribution in [-0.2, 0) is 6.54 Å². The second kappa shape index (κ2) is 8.85. The third kappa shape index (κ3) is 4.64. The van der Waals surface area contributed by atoms with E-state index >= 15 is 0 Å². The summed E-state index contributed by atoms with van der Waals surface area (Å²) in [5, 5.41) is 2.87. The fraction of sp³-hybridized carbons (Fsp3) is 0.182. The van der Waals surface area contributed by atoms with E-state index in [9.17, 15) is 4.79 Å². The number of anilines is 2. The van der Waals surface area contributed by atoms with E-state index in [4.69, 9.17) is 4.74 Å². The standard InChI is InChI=1S/C22H23N3O2/c1-3-25(16-17-9-5-4-6-10-17)21-14-13-18(15-23-21)24-22(26)19-11-7-8-12-20(19)27-2/h4-15H,3,16H2,1-2H3,(H,24,26). The highest BCUT2D eigenvalue weighted by molar-refractivity contribution is 6.06. The average molecular weight is 361 g/mol. The molecule has 2 aromatic carbocycles. The molecule has 5 heteroatoms. The molecule has 138 valence electrons. The lowest BCUT2D eigenvalue weighted by Gasteiger charge is -2.22. The second-order valence-corrected chi connectivity index (χ2v) is 6.06. The molecule has 1 amide bonds. The summed E-state index contributed by atoms with van der Waals surface area (Å²) in [6.45, 7) is 3.73. The molecule has 1 aromatic heterocycles. The fourth-order valence-corrected chi connectivity index (χ4v) is 2.84. The molecule has 0 atom stereocenters. The van der Waals surface area contributed by atoms with E-state index in [-0.39, 0.29) is 5.91 Å². The Hall–Kier alpha value is -3.34. The Morgan fingerprint density at radius 2 is 1.78 bits per heavy atom. The molecule has 0 saturated heterocycles. The van der Waals surface area contributed by atoms with Gasteiger partial charge < -0.3 is 15.0 Å². The number of amides is 1. The second-order valence-electron chi connectivity index (χ2n) is 6.06. The first-order valence-electron chi connectivity index (χ1n) is 8.90. The molecule has 0 saturated carbocycles. The van der Waals surface area contributed by atoms with Crippen LogP contribution >= 0.6 is 0 Å². The molecule has 1 N–H and O–H groups in total. The van der Waals surface area contributed by atoms with Crippen molar-refractivity contribution >= 4 is 17.4 Å². The number of benzene rings is 2. The van der Waals surface area contributed by atoms with E-state index in [1.807, 2.05) is 42.5 Å². The predicted octanol–water partition coefficient (Wildman–Crippen LogP) is 4.37. The zero-order valence-corrected chi connectivity index (χ0v) is 15.6. The highest BCUT2D eigenvalue weighted by Gasteiger charge is 2.12. The molecule has 5 nitrogen and oxygen atoms in total. The van der Waals surface area contributed by atoms with Crippen LogP contribution < -0.4 is 15.0 Å². The van der Waals surface area contributed by atoms with Gasteiger partial charge in [0.15, 0.2) is 0 Å². The van der Waals surface area contributed by atoms with Gasteiger partial charge in [0, 0.05) is 13.1 Å². The summed E-state index contributed by atoms with van der Waals surface area (Å²) < 4.78 is 5.24. The number of nitrogens with one attached hydrogen (secondary N) is 1. The van der Waals surface area contributed by atoms with E-state index in [1.54, 1.807) is 25.4 Å². The number of nitrogens with zero attached hydrogens (tertiary/aromatic N) is 2. The number of pyridine rings is 1. The summed E-state index contributed by atoms with van der Waals surface area (Å²) in [7, 11) is 1.55. The van der Waals surface area contributed by atoms with Gasteiger partial charge in [-0.05, 0) is 36.8 Å². The van der Waals surface area contributed by atoms with Gasteiger partial charge in [-0.1, -0.05) is 42.5 Å². The SMILES string of the molecule is CCN(Cc1ccccc1)c1ccc(NC(=O)c2ccccc2OC)cn1. The molecule has 3 aromatic rings. The quantitative estimate of drug-likeness (QED) is 0.679. The van der Waals surface area contributed by atoms with Crippen LogP contribution in [0, 0.1) is 0 Å². The number of para-hydroxylation sites is 1. The van der Waals surface area contributed by atoms with E-state index in [0.717, 1.165) is 18.9 Å². The molecule has 0 spiro atoms. The first kappa shape index (κ1) is 18.5. The van der Waals surface area contributed by atoms with Crippen LogP contribution in [0.25, 0.3) is 0 Å². The average Bonchev–Trinajstić information content (AvgIpc) is 2.73. The molecule has 0 aliphatic heterocycles. The molecule has 3 rings (SSSR count). The monoisotopic (exact) mass is 361 g/mol. The number of hydrogen-bond acceptors (Lipinski definition) is 4. The van der Waals surface area contributed by atoms with Crippen molar-refractivity contribution in [2.24, 2.45) is 0 Å². The van der Waals surface area contributed by atoms with Gasteiger partial charge in [0.1, 0.15) is 11.6 Å². The third-order valence-electron chi connectivity index (χ3n) is 4.28. The number of carbonyl (C=O) groups excluding carboxylic acids is 1. The van der Waals surface area contributed by atoms with Crippen LogP contribution in [0.3, 0.4) is 0 Å². The summed E-state index contributed by atoms with van der Waals surface area (Å²) >= 11 is 0. The Morgan fingerprint density at radius 3 is 2.44 bits per heavy atom. The number of hydrogen-bond donors (Lipinski definition) is 1. The summed E-state index contributed by atoms with van der Waals surface area (Å²) in [5.41, 5.74) is 2.36. The van der Waals surface area contributed by atoms with Crippen molar-refractivity contribution < 1.29 is 9.53 Å². The summed E-state index contributed by atoms with van der Waals surface area (Å²) in [6.07, 6.45) is 1.68. The van der Waals surface area contributed by atoms with Gasteiger partial charge in [-0.2, -0.15) is 0 Å². The molecule has 0 radical (unpaired) electrons. The Balaban J connectivity index is 1.70. The molecule has 0 unspecified atom stereocenters. The van der Waals surface area contributed by atoms with Gasteiger partial charge in [0.25, 0.3) is 5.91 Å². The van der Waals surface area contributed by atoms with Crippen LogP contribution in [0.2, 0.25) is 0 Å². The molecular weight excluding hydrogens is 338 g/mol. The van der Waals surface area contributed by atoms with Crippen molar-refractivity contribution in [2.45, 2.75) is 13.5 Å². The van der Waals surface area contributed by atoms with Crippen molar-refractivity contribution in [3.63, 3.8) is 0 Å². The number of ether oxygens (including phenoxy) is 1. The first-order chi connectivity index (χ1) is 13.2. The van der Waals surface area contributed by atoms with E-state index in [2.05, 4.69) is 34.3 Å². The van der Waals surface area contributed by atoms with Gasteiger partial charge in [-0.15, -0.1) is 0 Å². The zero-order valence-electron chi connectivity index (χ0n) is 15.6. The molecule has 0 aliphatic rings. The molecule has 0 aliphatic carbocycles. The Kier molecular flexibility index (Phi) is 6.05. The number of carbonyl (C=O) groups is 1. The maximum absolute atomic E-state index is 12.5.